The normalized spacial score (nSPS) is 30.7. The molecule has 1 aliphatic carbocycles. The van der Waals surface area contributed by atoms with E-state index in [0.717, 1.165) is 32.5 Å². The molecule has 4 nitrogen and oxygen atoms in total. The molecule has 1 saturated carbocycles. The van der Waals surface area contributed by atoms with Crippen LogP contribution >= 0.6 is 0 Å². The quantitative estimate of drug-likeness (QED) is 0.727. The zero-order valence-corrected chi connectivity index (χ0v) is 13.2. The summed E-state index contributed by atoms with van der Waals surface area (Å²) in [5.41, 5.74) is -0.327. The minimum absolute atomic E-state index is 0.327. The molecule has 20 heavy (non-hydrogen) atoms. The summed E-state index contributed by atoms with van der Waals surface area (Å²) in [5.74, 6) is 0. The number of rotatable bonds is 7. The number of nitrogens with one attached hydrogen (secondary N) is 1. The molecule has 2 rings (SSSR count). The van der Waals surface area contributed by atoms with Crippen molar-refractivity contribution in [1.82, 2.24) is 10.2 Å². The van der Waals surface area contributed by atoms with Gasteiger partial charge in [-0.2, -0.15) is 5.26 Å². The summed E-state index contributed by atoms with van der Waals surface area (Å²) in [6.07, 6.45) is 6.41. The average Bonchev–Trinajstić information content (AvgIpc) is 3.17. The van der Waals surface area contributed by atoms with Gasteiger partial charge in [-0.3, -0.25) is 10.2 Å². The Morgan fingerprint density at radius 3 is 2.45 bits per heavy atom. The van der Waals surface area contributed by atoms with Gasteiger partial charge in [0.05, 0.1) is 18.3 Å². The third-order valence-corrected chi connectivity index (χ3v) is 4.24. The predicted octanol–water partition coefficient (Wildman–Crippen LogP) is 2.30. The second kappa shape index (κ2) is 6.89. The Balaban J connectivity index is 1.63. The topological polar surface area (TPSA) is 48.3 Å². The van der Waals surface area contributed by atoms with Crippen molar-refractivity contribution in [2.45, 2.75) is 76.7 Å². The number of ether oxygens (including phenoxy) is 1. The molecule has 1 aliphatic heterocycles. The van der Waals surface area contributed by atoms with Crippen molar-refractivity contribution in [3.63, 3.8) is 0 Å². The molecule has 0 aromatic carbocycles. The van der Waals surface area contributed by atoms with Gasteiger partial charge in [-0.15, -0.1) is 0 Å². The molecule has 1 N–H and O–H groups in total. The van der Waals surface area contributed by atoms with Gasteiger partial charge in [0.2, 0.25) is 0 Å². The van der Waals surface area contributed by atoms with E-state index in [4.69, 9.17) is 4.74 Å². The number of morpholine rings is 1. The molecule has 2 aliphatic rings. The van der Waals surface area contributed by atoms with Gasteiger partial charge >= 0.3 is 0 Å². The highest BCUT2D eigenvalue weighted by Gasteiger charge is 2.32. The van der Waals surface area contributed by atoms with Crippen LogP contribution < -0.4 is 5.32 Å². The molecule has 1 unspecified atom stereocenters. The number of unbranched alkanes of at least 4 members (excludes halogenated alkanes) is 1. The smallest absolute Gasteiger partial charge is 0.104 e. The Labute approximate surface area is 123 Å². The SMILES string of the molecule is C[C@@H]1CN(CCCCC(C)(C#N)NC2CC2)C[C@H](C)O1. The molecular weight excluding hydrogens is 250 g/mol. The van der Waals surface area contributed by atoms with Crippen LogP contribution in [-0.2, 0) is 4.74 Å². The van der Waals surface area contributed by atoms with Crippen molar-refractivity contribution < 1.29 is 4.74 Å². The second-order valence-electron chi connectivity index (χ2n) is 6.84. The number of nitrogens with zero attached hydrogens (tertiary/aromatic N) is 2. The maximum atomic E-state index is 9.34. The molecule has 0 aromatic heterocycles. The first-order valence-electron chi connectivity index (χ1n) is 8.07. The van der Waals surface area contributed by atoms with Gasteiger partial charge in [-0.25, -0.2) is 0 Å². The molecule has 2 fully saturated rings. The summed E-state index contributed by atoms with van der Waals surface area (Å²) < 4.78 is 5.75. The Morgan fingerprint density at radius 1 is 1.25 bits per heavy atom. The molecule has 1 heterocycles. The van der Waals surface area contributed by atoms with Crippen LogP contribution in [0.4, 0.5) is 0 Å². The van der Waals surface area contributed by atoms with Crippen LogP contribution in [0.3, 0.4) is 0 Å². The number of hydrogen-bond acceptors (Lipinski definition) is 4. The van der Waals surface area contributed by atoms with Crippen LogP contribution in [0.1, 0.15) is 52.9 Å². The van der Waals surface area contributed by atoms with Crippen molar-refractivity contribution in [3.05, 3.63) is 0 Å². The van der Waals surface area contributed by atoms with E-state index in [1.165, 1.54) is 19.3 Å². The van der Waals surface area contributed by atoms with E-state index >= 15 is 0 Å². The molecule has 4 heteroatoms. The zero-order valence-electron chi connectivity index (χ0n) is 13.2. The van der Waals surface area contributed by atoms with Crippen LogP contribution in [0.5, 0.6) is 0 Å². The van der Waals surface area contributed by atoms with Gasteiger partial charge in [0.15, 0.2) is 0 Å². The van der Waals surface area contributed by atoms with E-state index < -0.39 is 0 Å². The van der Waals surface area contributed by atoms with Gasteiger partial charge in [-0.05, 0) is 59.4 Å². The largest absolute Gasteiger partial charge is 0.373 e. The van der Waals surface area contributed by atoms with Crippen molar-refractivity contribution in [2.24, 2.45) is 0 Å². The first-order valence-corrected chi connectivity index (χ1v) is 8.07. The van der Waals surface area contributed by atoms with E-state index in [1.807, 2.05) is 6.92 Å². The van der Waals surface area contributed by atoms with E-state index in [9.17, 15) is 5.26 Å². The van der Waals surface area contributed by atoms with Crippen LogP contribution in [-0.4, -0.2) is 48.3 Å². The minimum atomic E-state index is -0.327. The maximum Gasteiger partial charge on any atom is 0.104 e. The highest BCUT2D eigenvalue weighted by molar-refractivity contribution is 5.06. The summed E-state index contributed by atoms with van der Waals surface area (Å²) in [4.78, 5) is 2.50. The fraction of sp³-hybridized carbons (Fsp3) is 0.938. The molecule has 0 amide bonds. The molecule has 114 valence electrons. The fourth-order valence-corrected chi connectivity index (χ4v) is 3.12. The van der Waals surface area contributed by atoms with E-state index in [1.54, 1.807) is 0 Å². The number of nitriles is 1. The summed E-state index contributed by atoms with van der Waals surface area (Å²) in [7, 11) is 0. The fourth-order valence-electron chi connectivity index (χ4n) is 3.12. The van der Waals surface area contributed by atoms with Crippen LogP contribution in [0.25, 0.3) is 0 Å². The Kier molecular flexibility index (Phi) is 5.42. The summed E-state index contributed by atoms with van der Waals surface area (Å²) in [5, 5.41) is 12.8. The van der Waals surface area contributed by atoms with E-state index in [0.29, 0.717) is 18.2 Å². The molecule has 0 spiro atoms. The summed E-state index contributed by atoms with van der Waals surface area (Å²) in [6, 6.07) is 3.06. The lowest BCUT2D eigenvalue weighted by atomic mass is 9.96. The molecule has 0 aromatic rings. The standard InChI is InChI=1S/C16H29N3O/c1-13-10-19(11-14(2)20-13)9-5-4-8-16(3,12-17)18-15-6-7-15/h13-15,18H,4-11H2,1-3H3/t13-,14+,16?. The van der Waals surface area contributed by atoms with E-state index in [2.05, 4.69) is 30.1 Å². The Morgan fingerprint density at radius 2 is 1.90 bits per heavy atom. The first kappa shape index (κ1) is 15.8. The zero-order chi connectivity index (χ0) is 14.6. The Bertz CT molecular complexity index is 340. The van der Waals surface area contributed by atoms with Crippen LogP contribution in [0.15, 0.2) is 0 Å². The van der Waals surface area contributed by atoms with Gasteiger partial charge in [0.25, 0.3) is 0 Å². The second-order valence-corrected chi connectivity index (χ2v) is 6.84. The monoisotopic (exact) mass is 279 g/mol. The molecule has 1 saturated heterocycles. The lowest BCUT2D eigenvalue weighted by molar-refractivity contribution is -0.0682. The molecule has 0 bridgehead atoms. The molecule has 3 atom stereocenters. The lowest BCUT2D eigenvalue weighted by Gasteiger charge is -2.35. The predicted molar refractivity (Wildman–Crippen MR) is 80.5 cm³/mol. The third kappa shape index (κ3) is 5.05. The highest BCUT2D eigenvalue weighted by Crippen LogP contribution is 2.24. The number of hydrogen-bond donors (Lipinski definition) is 1. The average molecular weight is 279 g/mol. The lowest BCUT2D eigenvalue weighted by Crippen LogP contribution is -2.46. The van der Waals surface area contributed by atoms with Gasteiger partial charge in [0, 0.05) is 19.1 Å². The third-order valence-electron chi connectivity index (χ3n) is 4.24. The summed E-state index contributed by atoms with van der Waals surface area (Å²) >= 11 is 0. The van der Waals surface area contributed by atoms with Crippen LogP contribution in [0.2, 0.25) is 0 Å². The van der Waals surface area contributed by atoms with Crippen LogP contribution in [0, 0.1) is 11.3 Å². The van der Waals surface area contributed by atoms with Crippen molar-refractivity contribution >= 4 is 0 Å². The van der Waals surface area contributed by atoms with Gasteiger partial charge < -0.3 is 4.74 Å². The first-order chi connectivity index (χ1) is 9.50. The molecular formula is C16H29N3O. The maximum absolute atomic E-state index is 9.34. The van der Waals surface area contributed by atoms with Gasteiger partial charge in [0.1, 0.15) is 5.54 Å². The highest BCUT2D eigenvalue weighted by atomic mass is 16.5. The van der Waals surface area contributed by atoms with Crippen molar-refractivity contribution in [1.29, 1.82) is 5.26 Å². The van der Waals surface area contributed by atoms with E-state index in [-0.39, 0.29) is 5.54 Å². The van der Waals surface area contributed by atoms with Crippen molar-refractivity contribution in [3.8, 4) is 6.07 Å². The van der Waals surface area contributed by atoms with Gasteiger partial charge in [-0.1, -0.05) is 0 Å². The Hall–Kier alpha value is -0.630. The molecule has 0 radical (unpaired) electrons. The summed E-state index contributed by atoms with van der Waals surface area (Å²) in [6.45, 7) is 9.55. The van der Waals surface area contributed by atoms with Crippen molar-refractivity contribution in [2.75, 3.05) is 19.6 Å². The minimum Gasteiger partial charge on any atom is -0.373 e.